The van der Waals surface area contributed by atoms with E-state index in [1.165, 1.54) is 0 Å². The first-order valence-electron chi connectivity index (χ1n) is 24.0. The minimum absolute atomic E-state index is 0.169. The van der Waals surface area contributed by atoms with Crippen LogP contribution in [0.4, 0.5) is 34.1 Å². The number of carbonyl (C=O) groups is 2. The Labute approximate surface area is 420 Å². The van der Waals surface area contributed by atoms with Gasteiger partial charge in [-0.3, -0.25) is 9.59 Å². The Balaban J connectivity index is 0.927. The normalized spacial score (nSPS) is 13.1. The monoisotopic (exact) mass is 950 g/mol. The first kappa shape index (κ1) is 46.7. The SMILES string of the molecule is CCN1C(=O)C2=C(c3ccc(-c4ccc(N(c5ccc(OC)cc5)c5ccc(OC)cc5)cc4)cc3)N(CC)C(=O)C2=C1c1ccc(-c2ccc(N(c3ccc(OC)cc3)c3ccc(OC)cc3)cc2)cc1. The molecule has 0 atom stereocenters. The summed E-state index contributed by atoms with van der Waals surface area (Å²) in [7, 11) is 6.65. The van der Waals surface area contributed by atoms with Crippen LogP contribution in [0.15, 0.2) is 205 Å². The Hall–Kier alpha value is -9.02. The minimum atomic E-state index is -0.169. The molecule has 0 bridgehead atoms. The maximum Gasteiger partial charge on any atom is 0.261 e. The van der Waals surface area contributed by atoms with E-state index in [9.17, 15) is 9.59 Å². The molecule has 2 aliphatic rings. The van der Waals surface area contributed by atoms with Crippen molar-refractivity contribution >= 4 is 57.3 Å². The molecule has 8 aromatic rings. The lowest BCUT2D eigenvalue weighted by Crippen LogP contribution is -2.29. The molecule has 10 rings (SSSR count). The van der Waals surface area contributed by atoms with Gasteiger partial charge < -0.3 is 38.5 Å². The molecule has 2 aliphatic heterocycles. The van der Waals surface area contributed by atoms with Crippen molar-refractivity contribution in [3.05, 3.63) is 216 Å². The maximum atomic E-state index is 14.5. The van der Waals surface area contributed by atoms with Crippen LogP contribution < -0.4 is 28.7 Å². The molecule has 10 heteroatoms. The Kier molecular flexibility index (Phi) is 13.1. The number of carbonyl (C=O) groups excluding carboxylic acids is 2. The van der Waals surface area contributed by atoms with Crippen molar-refractivity contribution in [2.45, 2.75) is 13.8 Å². The number of hydrogen-bond acceptors (Lipinski definition) is 8. The van der Waals surface area contributed by atoms with Gasteiger partial charge in [-0.2, -0.15) is 0 Å². The molecule has 0 N–H and O–H groups in total. The van der Waals surface area contributed by atoms with E-state index >= 15 is 0 Å². The van der Waals surface area contributed by atoms with Crippen molar-refractivity contribution < 1.29 is 28.5 Å². The van der Waals surface area contributed by atoms with Gasteiger partial charge in [-0.15, -0.1) is 0 Å². The first-order valence-corrected chi connectivity index (χ1v) is 24.0. The topological polar surface area (TPSA) is 84.0 Å². The number of fused-ring (bicyclic) bond motifs is 1. The maximum absolute atomic E-state index is 14.5. The summed E-state index contributed by atoms with van der Waals surface area (Å²) in [6.45, 7) is 4.73. The number of methoxy groups -OCH3 is 4. The number of nitrogens with zero attached hydrogens (tertiary/aromatic N) is 4. The fourth-order valence-electron chi connectivity index (χ4n) is 9.67. The summed E-state index contributed by atoms with van der Waals surface area (Å²) in [5.41, 5.74) is 13.8. The third-order valence-corrected chi connectivity index (χ3v) is 13.4. The molecular weight excluding hydrogens is 897 g/mol. The second kappa shape index (κ2) is 20.1. The number of benzene rings is 8. The number of ether oxygens (including phenoxy) is 4. The van der Waals surface area contributed by atoms with Crippen LogP contribution >= 0.6 is 0 Å². The lowest BCUT2D eigenvalue weighted by molar-refractivity contribution is -0.124. The summed E-state index contributed by atoms with van der Waals surface area (Å²) in [5.74, 6) is 2.80. The second-order valence-corrected chi connectivity index (χ2v) is 17.3. The molecular formula is C62H54N4O6. The smallest absolute Gasteiger partial charge is 0.261 e. The molecule has 0 saturated carbocycles. The van der Waals surface area contributed by atoms with Crippen molar-refractivity contribution in [2.75, 3.05) is 51.3 Å². The van der Waals surface area contributed by atoms with Gasteiger partial charge in [0.05, 0.1) is 51.0 Å². The average Bonchev–Trinajstić information content (AvgIpc) is 3.91. The Morgan fingerprint density at radius 1 is 0.306 bits per heavy atom. The molecule has 0 aromatic heterocycles. The van der Waals surface area contributed by atoms with Gasteiger partial charge in [0.15, 0.2) is 0 Å². The van der Waals surface area contributed by atoms with Gasteiger partial charge in [-0.1, -0.05) is 72.8 Å². The van der Waals surface area contributed by atoms with Crippen LogP contribution in [-0.2, 0) is 9.59 Å². The Morgan fingerprint density at radius 2 is 0.500 bits per heavy atom. The molecule has 0 radical (unpaired) electrons. The van der Waals surface area contributed by atoms with Gasteiger partial charge >= 0.3 is 0 Å². The summed E-state index contributed by atoms with van der Waals surface area (Å²) in [4.78, 5) is 36.8. The van der Waals surface area contributed by atoms with Crippen LogP contribution in [0, 0.1) is 0 Å². The van der Waals surface area contributed by atoms with Crippen molar-refractivity contribution in [2.24, 2.45) is 0 Å². The summed E-state index contributed by atoms with van der Waals surface area (Å²) in [6, 6.07) is 65.1. The molecule has 0 aliphatic carbocycles. The highest BCUT2D eigenvalue weighted by molar-refractivity contribution is 6.30. The van der Waals surface area contributed by atoms with Gasteiger partial charge in [0.1, 0.15) is 23.0 Å². The predicted molar refractivity (Wildman–Crippen MR) is 288 cm³/mol. The Bertz CT molecular complexity index is 2970. The Morgan fingerprint density at radius 3 is 0.708 bits per heavy atom. The third kappa shape index (κ3) is 8.68. The van der Waals surface area contributed by atoms with E-state index in [0.29, 0.717) is 35.6 Å². The van der Waals surface area contributed by atoms with E-state index in [2.05, 4.69) is 82.6 Å². The highest BCUT2D eigenvalue weighted by Gasteiger charge is 2.48. The number of anilines is 6. The van der Waals surface area contributed by atoms with Gasteiger partial charge in [-0.25, -0.2) is 0 Å². The molecule has 10 nitrogen and oxygen atoms in total. The van der Waals surface area contributed by atoms with Gasteiger partial charge in [-0.05, 0) is 169 Å². The number of amides is 2. The van der Waals surface area contributed by atoms with Crippen LogP contribution in [0.3, 0.4) is 0 Å². The highest BCUT2D eigenvalue weighted by Crippen LogP contribution is 2.47. The average molecular weight is 951 g/mol. The lowest BCUT2D eigenvalue weighted by atomic mass is 9.98. The van der Waals surface area contributed by atoms with Crippen molar-refractivity contribution in [1.82, 2.24) is 9.80 Å². The van der Waals surface area contributed by atoms with E-state index in [0.717, 1.165) is 90.5 Å². The van der Waals surface area contributed by atoms with Crippen molar-refractivity contribution in [3.8, 4) is 45.3 Å². The van der Waals surface area contributed by atoms with Crippen LogP contribution in [-0.4, -0.2) is 63.1 Å². The van der Waals surface area contributed by atoms with E-state index in [1.807, 2.05) is 135 Å². The molecule has 8 aromatic carbocycles. The van der Waals surface area contributed by atoms with Crippen molar-refractivity contribution in [1.29, 1.82) is 0 Å². The summed E-state index contributed by atoms with van der Waals surface area (Å²) in [6.07, 6.45) is 0. The quantitative estimate of drug-likeness (QED) is 0.0947. The summed E-state index contributed by atoms with van der Waals surface area (Å²) >= 11 is 0. The zero-order valence-corrected chi connectivity index (χ0v) is 41.1. The van der Waals surface area contributed by atoms with Crippen LogP contribution in [0.25, 0.3) is 33.6 Å². The standard InChI is InChI=1S/C62H54N4O6/c1-7-63-59(45-13-9-41(10-14-45)43-17-21-47(22-18-43)65(49-25-33-53(69-3)34-26-49)50-27-35-54(70-4)36-28-50)57-58(61(63)67)60(64(8-2)62(57)68)46-15-11-42(12-16-46)44-19-23-48(24-20-44)66(51-29-37-55(71-5)38-30-51)52-31-39-56(72-6)40-32-52/h9-40H,7-8H2,1-6H3. The van der Waals surface area contributed by atoms with Crippen molar-refractivity contribution in [3.63, 3.8) is 0 Å². The largest absolute Gasteiger partial charge is 0.497 e. The van der Waals surface area contributed by atoms with E-state index in [-0.39, 0.29) is 11.8 Å². The molecule has 0 fully saturated rings. The van der Waals surface area contributed by atoms with Gasteiger partial charge in [0, 0.05) is 47.2 Å². The predicted octanol–water partition coefficient (Wildman–Crippen LogP) is 13.8. The van der Waals surface area contributed by atoms with E-state index in [1.54, 1.807) is 38.2 Å². The number of hydrogen-bond donors (Lipinski definition) is 0. The fourth-order valence-corrected chi connectivity index (χ4v) is 9.67. The molecule has 2 amide bonds. The van der Waals surface area contributed by atoms with Gasteiger partial charge in [0.2, 0.25) is 0 Å². The van der Waals surface area contributed by atoms with Gasteiger partial charge in [0.25, 0.3) is 11.8 Å². The number of rotatable bonds is 16. The minimum Gasteiger partial charge on any atom is -0.497 e. The zero-order chi connectivity index (χ0) is 49.9. The first-order chi connectivity index (χ1) is 35.2. The van der Waals surface area contributed by atoms with Crippen LogP contribution in [0.1, 0.15) is 25.0 Å². The highest BCUT2D eigenvalue weighted by atomic mass is 16.5. The molecule has 358 valence electrons. The van der Waals surface area contributed by atoms with E-state index < -0.39 is 0 Å². The summed E-state index contributed by atoms with van der Waals surface area (Å²) < 4.78 is 21.8. The zero-order valence-electron chi connectivity index (χ0n) is 41.1. The molecule has 0 unspecified atom stereocenters. The third-order valence-electron chi connectivity index (χ3n) is 13.4. The molecule has 0 saturated heterocycles. The number of likely N-dealkylation sites (N-methyl/N-ethyl adjacent to an activating group) is 2. The molecule has 2 heterocycles. The molecule has 0 spiro atoms. The van der Waals surface area contributed by atoms with Crippen LogP contribution in [0.5, 0.6) is 23.0 Å². The summed E-state index contributed by atoms with van der Waals surface area (Å²) in [5, 5.41) is 0. The lowest BCUT2D eigenvalue weighted by Gasteiger charge is -2.26. The van der Waals surface area contributed by atoms with Crippen LogP contribution in [0.2, 0.25) is 0 Å². The van der Waals surface area contributed by atoms with E-state index in [4.69, 9.17) is 18.9 Å². The second-order valence-electron chi connectivity index (χ2n) is 17.3. The molecule has 72 heavy (non-hydrogen) atoms. The fraction of sp³-hybridized carbons (Fsp3) is 0.129.